The molecule has 1 amide bonds. The number of carbonyl (C=O) groups is 1. The zero-order chi connectivity index (χ0) is 16.0. The van der Waals surface area contributed by atoms with Crippen molar-refractivity contribution in [1.82, 2.24) is 9.88 Å². The van der Waals surface area contributed by atoms with E-state index >= 15 is 0 Å². The summed E-state index contributed by atoms with van der Waals surface area (Å²) in [6.07, 6.45) is 5.11. The highest BCUT2D eigenvalue weighted by molar-refractivity contribution is 6.06. The summed E-state index contributed by atoms with van der Waals surface area (Å²) in [5, 5.41) is 11.6. The van der Waals surface area contributed by atoms with Crippen molar-refractivity contribution in [1.29, 1.82) is 0 Å². The molecule has 2 heterocycles. The highest BCUT2D eigenvalue weighted by Gasteiger charge is 2.49. The number of aliphatic hydroxyl groups is 1. The van der Waals surface area contributed by atoms with Crippen LogP contribution in [0.1, 0.15) is 36.0 Å². The highest BCUT2D eigenvalue weighted by Crippen LogP contribution is 2.45. The molecule has 1 aliphatic carbocycles. The number of carbonyl (C=O) groups excluding carboxylic acids is 1. The Hall–Kier alpha value is -2.14. The maximum atomic E-state index is 12.9. The van der Waals surface area contributed by atoms with Gasteiger partial charge in [-0.15, -0.1) is 0 Å². The fourth-order valence-electron chi connectivity index (χ4n) is 3.69. The van der Waals surface area contributed by atoms with Gasteiger partial charge in [0.05, 0.1) is 11.2 Å². The van der Waals surface area contributed by atoms with Crippen molar-refractivity contribution in [2.75, 3.05) is 13.1 Å². The number of fused-ring (bicyclic) bond motifs is 1. The summed E-state index contributed by atoms with van der Waals surface area (Å²) in [6.45, 7) is 1.31. The second-order valence-corrected chi connectivity index (χ2v) is 6.77. The number of aromatic amines is 1. The molecule has 1 saturated heterocycles. The van der Waals surface area contributed by atoms with Gasteiger partial charge in [0.15, 0.2) is 0 Å². The lowest BCUT2D eigenvalue weighted by molar-refractivity contribution is 0.0283. The van der Waals surface area contributed by atoms with Gasteiger partial charge in [-0.05, 0) is 31.7 Å². The van der Waals surface area contributed by atoms with Crippen LogP contribution in [0.25, 0.3) is 10.8 Å². The lowest BCUT2D eigenvalue weighted by atomic mass is 9.90. The lowest BCUT2D eigenvalue weighted by Gasteiger charge is -2.35. The number of aromatic nitrogens is 1. The van der Waals surface area contributed by atoms with Crippen LogP contribution < -0.4 is 5.56 Å². The van der Waals surface area contributed by atoms with Gasteiger partial charge in [0, 0.05) is 36.0 Å². The average molecular weight is 312 g/mol. The quantitative estimate of drug-likeness (QED) is 0.889. The largest absolute Gasteiger partial charge is 0.390 e. The second kappa shape index (κ2) is 5.20. The number of piperidine rings is 1. The molecular formula is C18H20N2O3. The Bertz CT molecular complexity index is 822. The first-order chi connectivity index (χ1) is 11.1. The van der Waals surface area contributed by atoms with Crippen molar-refractivity contribution in [3.8, 4) is 0 Å². The maximum Gasteiger partial charge on any atom is 0.255 e. The van der Waals surface area contributed by atoms with E-state index in [1.165, 1.54) is 6.20 Å². The average Bonchev–Trinajstić information content (AvgIpc) is 3.34. The molecule has 0 spiro atoms. The Morgan fingerprint density at radius 3 is 2.74 bits per heavy atom. The fraction of sp³-hybridized carbons (Fsp3) is 0.444. The third-order valence-corrected chi connectivity index (χ3v) is 5.27. The van der Waals surface area contributed by atoms with Crippen molar-refractivity contribution in [2.45, 2.75) is 31.3 Å². The Kier molecular flexibility index (Phi) is 3.27. The van der Waals surface area contributed by atoms with Crippen LogP contribution in [0.3, 0.4) is 0 Å². The molecule has 4 rings (SSSR count). The van der Waals surface area contributed by atoms with Crippen molar-refractivity contribution >= 4 is 16.7 Å². The molecule has 0 radical (unpaired) electrons. The minimum absolute atomic E-state index is 0.0635. The number of rotatable bonds is 2. The molecule has 120 valence electrons. The minimum Gasteiger partial charge on any atom is -0.390 e. The number of amides is 1. The van der Waals surface area contributed by atoms with E-state index in [0.29, 0.717) is 29.4 Å². The standard InChI is InChI=1S/C18H20N2O3/c21-16-14-6-2-1-5-13(14)15(10-19-16)17(22)20-9-3-4-12(11-20)18(23)7-8-18/h1-2,5-6,10,12,23H,3-4,7-9,11H2,(H,19,21). The SMILES string of the molecule is O=C(c1c[nH]c(=O)c2ccccc12)N1CCCC(C2(O)CC2)C1. The molecule has 0 bridgehead atoms. The van der Waals surface area contributed by atoms with Gasteiger partial charge in [0.2, 0.25) is 0 Å². The molecule has 5 heteroatoms. The van der Waals surface area contributed by atoms with Crippen molar-refractivity contribution in [3.05, 3.63) is 46.4 Å². The van der Waals surface area contributed by atoms with Crippen LogP contribution in [0.4, 0.5) is 0 Å². The third-order valence-electron chi connectivity index (χ3n) is 5.27. The van der Waals surface area contributed by atoms with E-state index < -0.39 is 5.60 Å². The van der Waals surface area contributed by atoms with E-state index in [1.807, 2.05) is 17.0 Å². The number of hydrogen-bond donors (Lipinski definition) is 2. The molecule has 1 aliphatic heterocycles. The van der Waals surface area contributed by atoms with Gasteiger partial charge in [0.1, 0.15) is 0 Å². The van der Waals surface area contributed by atoms with Crippen LogP contribution in [-0.4, -0.2) is 39.6 Å². The predicted molar refractivity (Wildman–Crippen MR) is 87.4 cm³/mol. The summed E-state index contributed by atoms with van der Waals surface area (Å²) in [5.74, 6) is 0.112. The normalized spacial score (nSPS) is 23.0. The minimum atomic E-state index is -0.550. The van der Waals surface area contributed by atoms with Crippen molar-refractivity contribution < 1.29 is 9.90 Å². The lowest BCUT2D eigenvalue weighted by Crippen LogP contribution is -2.44. The summed E-state index contributed by atoms with van der Waals surface area (Å²) in [5.41, 5.74) is -0.198. The van der Waals surface area contributed by atoms with Gasteiger partial charge < -0.3 is 15.0 Å². The zero-order valence-electron chi connectivity index (χ0n) is 12.9. The molecule has 5 nitrogen and oxygen atoms in total. The van der Waals surface area contributed by atoms with Gasteiger partial charge in [-0.1, -0.05) is 18.2 Å². The highest BCUT2D eigenvalue weighted by atomic mass is 16.3. The third kappa shape index (κ3) is 2.45. The van der Waals surface area contributed by atoms with E-state index in [0.717, 1.165) is 25.7 Å². The predicted octanol–water partition coefficient (Wildman–Crippen LogP) is 1.91. The number of hydrogen-bond acceptors (Lipinski definition) is 3. The van der Waals surface area contributed by atoms with Crippen LogP contribution in [0.5, 0.6) is 0 Å². The summed E-state index contributed by atoms with van der Waals surface area (Å²) in [6, 6.07) is 7.18. The Balaban J connectivity index is 1.67. The Morgan fingerprint density at radius 2 is 2.00 bits per heavy atom. The number of benzene rings is 1. The monoisotopic (exact) mass is 312 g/mol. The Morgan fingerprint density at radius 1 is 1.26 bits per heavy atom. The number of nitrogens with one attached hydrogen (secondary N) is 1. The Labute approximate surface area is 133 Å². The molecule has 23 heavy (non-hydrogen) atoms. The van der Waals surface area contributed by atoms with Crippen LogP contribution in [-0.2, 0) is 0 Å². The number of pyridine rings is 1. The summed E-state index contributed by atoms with van der Waals surface area (Å²) in [7, 11) is 0. The van der Waals surface area contributed by atoms with E-state index in [4.69, 9.17) is 0 Å². The first-order valence-electron chi connectivity index (χ1n) is 8.20. The van der Waals surface area contributed by atoms with Crippen molar-refractivity contribution in [2.24, 2.45) is 5.92 Å². The molecule has 2 N–H and O–H groups in total. The van der Waals surface area contributed by atoms with Crippen LogP contribution >= 0.6 is 0 Å². The molecule has 1 aromatic carbocycles. The van der Waals surface area contributed by atoms with Gasteiger partial charge >= 0.3 is 0 Å². The van der Waals surface area contributed by atoms with Gasteiger partial charge in [-0.2, -0.15) is 0 Å². The maximum absolute atomic E-state index is 12.9. The van der Waals surface area contributed by atoms with Crippen LogP contribution in [0.2, 0.25) is 0 Å². The van der Waals surface area contributed by atoms with Gasteiger partial charge in [-0.25, -0.2) is 0 Å². The second-order valence-electron chi connectivity index (χ2n) is 6.77. The van der Waals surface area contributed by atoms with Crippen molar-refractivity contribution in [3.63, 3.8) is 0 Å². The van der Waals surface area contributed by atoms with E-state index in [2.05, 4.69) is 4.98 Å². The molecule has 2 aliphatic rings. The summed E-state index contributed by atoms with van der Waals surface area (Å²) >= 11 is 0. The van der Waals surface area contributed by atoms with Gasteiger partial charge in [0.25, 0.3) is 11.5 Å². The van der Waals surface area contributed by atoms with E-state index in [9.17, 15) is 14.7 Å². The number of H-pyrrole nitrogens is 1. The molecular weight excluding hydrogens is 292 g/mol. The molecule has 2 aromatic rings. The van der Waals surface area contributed by atoms with Crippen LogP contribution in [0, 0.1) is 5.92 Å². The van der Waals surface area contributed by atoms with E-state index in [1.54, 1.807) is 12.1 Å². The number of likely N-dealkylation sites (tertiary alicyclic amines) is 1. The smallest absolute Gasteiger partial charge is 0.255 e. The zero-order valence-corrected chi connectivity index (χ0v) is 12.9. The first-order valence-corrected chi connectivity index (χ1v) is 8.20. The molecule has 1 unspecified atom stereocenters. The van der Waals surface area contributed by atoms with E-state index in [-0.39, 0.29) is 17.4 Å². The molecule has 1 saturated carbocycles. The molecule has 2 fully saturated rings. The summed E-state index contributed by atoms with van der Waals surface area (Å²) in [4.78, 5) is 29.3. The van der Waals surface area contributed by atoms with Gasteiger partial charge in [-0.3, -0.25) is 9.59 Å². The number of nitrogens with zero attached hydrogens (tertiary/aromatic N) is 1. The van der Waals surface area contributed by atoms with Crippen LogP contribution in [0.15, 0.2) is 35.3 Å². The fourth-order valence-corrected chi connectivity index (χ4v) is 3.69. The first kappa shape index (κ1) is 14.5. The summed E-state index contributed by atoms with van der Waals surface area (Å²) < 4.78 is 0. The topological polar surface area (TPSA) is 73.4 Å². The molecule has 1 atom stereocenters. The molecule has 1 aromatic heterocycles.